The van der Waals surface area contributed by atoms with Gasteiger partial charge in [0.05, 0.1) is 6.04 Å². The second-order valence-electron chi connectivity index (χ2n) is 4.93. The van der Waals surface area contributed by atoms with Crippen molar-refractivity contribution < 1.29 is 0 Å². The van der Waals surface area contributed by atoms with Gasteiger partial charge in [0, 0.05) is 18.6 Å². The molecule has 1 aromatic rings. The molecule has 1 unspecified atom stereocenters. The Labute approximate surface area is 115 Å². The third-order valence-electron chi connectivity index (χ3n) is 2.91. The summed E-state index contributed by atoms with van der Waals surface area (Å²) in [7, 11) is 1.96. The number of aliphatic imine (C=N–C) groups is 1. The first-order valence-corrected chi connectivity index (χ1v) is 6.57. The average Bonchev–Trinajstić information content (AvgIpc) is 2.35. The number of hydrogen-bond acceptors (Lipinski definition) is 1. The SMILES string of the molecule is CC(C)CN=C(N)N(C)C(C)c1ccc(Cl)cc1. The first-order chi connectivity index (χ1) is 8.41. The lowest BCUT2D eigenvalue weighted by atomic mass is 10.1. The van der Waals surface area contributed by atoms with E-state index in [-0.39, 0.29) is 6.04 Å². The number of guanidine groups is 1. The number of rotatable bonds is 4. The molecular weight excluding hydrogens is 246 g/mol. The molecule has 0 heterocycles. The molecular formula is C14H22ClN3. The summed E-state index contributed by atoms with van der Waals surface area (Å²) in [6, 6.07) is 7.99. The van der Waals surface area contributed by atoms with E-state index >= 15 is 0 Å². The molecule has 0 bridgehead atoms. The van der Waals surface area contributed by atoms with Crippen molar-refractivity contribution in [2.45, 2.75) is 26.8 Å². The van der Waals surface area contributed by atoms with E-state index in [1.54, 1.807) is 0 Å². The van der Waals surface area contributed by atoms with Crippen LogP contribution in [0, 0.1) is 5.92 Å². The van der Waals surface area contributed by atoms with Gasteiger partial charge in [0.1, 0.15) is 0 Å². The van der Waals surface area contributed by atoms with Crippen LogP contribution in [0.15, 0.2) is 29.3 Å². The highest BCUT2D eigenvalue weighted by atomic mass is 35.5. The Kier molecular flexibility index (Phi) is 5.48. The molecule has 0 saturated heterocycles. The maximum absolute atomic E-state index is 5.98. The van der Waals surface area contributed by atoms with Crippen LogP contribution in [0.5, 0.6) is 0 Å². The van der Waals surface area contributed by atoms with Crippen LogP contribution < -0.4 is 5.73 Å². The molecule has 1 rings (SSSR count). The molecule has 0 aliphatic heterocycles. The molecule has 0 aliphatic carbocycles. The van der Waals surface area contributed by atoms with E-state index in [0.29, 0.717) is 11.9 Å². The van der Waals surface area contributed by atoms with Gasteiger partial charge in [-0.1, -0.05) is 37.6 Å². The fraction of sp³-hybridized carbons (Fsp3) is 0.500. The van der Waals surface area contributed by atoms with Gasteiger partial charge in [0.15, 0.2) is 5.96 Å². The van der Waals surface area contributed by atoms with Crippen molar-refractivity contribution in [1.82, 2.24) is 4.90 Å². The first kappa shape index (κ1) is 14.8. The summed E-state index contributed by atoms with van der Waals surface area (Å²) in [5.74, 6) is 1.09. The van der Waals surface area contributed by atoms with Gasteiger partial charge < -0.3 is 10.6 Å². The number of halogens is 1. The minimum atomic E-state index is 0.179. The maximum Gasteiger partial charge on any atom is 0.191 e. The van der Waals surface area contributed by atoms with Gasteiger partial charge in [-0.25, -0.2) is 0 Å². The quantitative estimate of drug-likeness (QED) is 0.672. The summed E-state index contributed by atoms with van der Waals surface area (Å²) < 4.78 is 0. The molecule has 100 valence electrons. The monoisotopic (exact) mass is 267 g/mol. The predicted octanol–water partition coefficient (Wildman–Crippen LogP) is 3.30. The van der Waals surface area contributed by atoms with Crippen molar-refractivity contribution in [3.05, 3.63) is 34.9 Å². The lowest BCUT2D eigenvalue weighted by molar-refractivity contribution is 0.395. The Bertz CT molecular complexity index is 398. The van der Waals surface area contributed by atoms with E-state index in [9.17, 15) is 0 Å². The van der Waals surface area contributed by atoms with Crippen molar-refractivity contribution in [3.63, 3.8) is 0 Å². The minimum Gasteiger partial charge on any atom is -0.370 e. The number of hydrogen-bond donors (Lipinski definition) is 1. The van der Waals surface area contributed by atoms with Crippen molar-refractivity contribution in [2.24, 2.45) is 16.6 Å². The third kappa shape index (κ3) is 4.22. The van der Waals surface area contributed by atoms with Crippen molar-refractivity contribution >= 4 is 17.6 Å². The van der Waals surface area contributed by atoms with E-state index in [1.165, 1.54) is 5.56 Å². The Balaban J connectivity index is 2.74. The molecule has 2 N–H and O–H groups in total. The van der Waals surface area contributed by atoms with Gasteiger partial charge in [0.25, 0.3) is 0 Å². The third-order valence-corrected chi connectivity index (χ3v) is 3.17. The standard InChI is InChI=1S/C14H22ClN3/c1-10(2)9-17-14(16)18(4)11(3)12-5-7-13(15)8-6-12/h5-8,10-11H,9H2,1-4H3,(H2,16,17). The highest BCUT2D eigenvalue weighted by Crippen LogP contribution is 2.20. The molecule has 0 spiro atoms. The molecule has 3 nitrogen and oxygen atoms in total. The topological polar surface area (TPSA) is 41.6 Å². The second kappa shape index (κ2) is 6.64. The molecule has 0 radical (unpaired) electrons. The number of benzene rings is 1. The van der Waals surface area contributed by atoms with Crippen LogP contribution in [0.2, 0.25) is 5.02 Å². The number of nitrogens with two attached hydrogens (primary N) is 1. The summed E-state index contributed by atoms with van der Waals surface area (Å²) >= 11 is 5.88. The average molecular weight is 268 g/mol. The van der Waals surface area contributed by atoms with Crippen LogP contribution in [0.1, 0.15) is 32.4 Å². The highest BCUT2D eigenvalue weighted by molar-refractivity contribution is 6.30. The minimum absolute atomic E-state index is 0.179. The Morgan fingerprint density at radius 2 is 1.83 bits per heavy atom. The van der Waals surface area contributed by atoms with Gasteiger partial charge in [-0.15, -0.1) is 0 Å². The fourth-order valence-corrected chi connectivity index (χ4v) is 1.68. The smallest absolute Gasteiger partial charge is 0.191 e. The second-order valence-corrected chi connectivity index (χ2v) is 5.37. The molecule has 0 amide bonds. The van der Waals surface area contributed by atoms with Gasteiger partial charge in [-0.2, -0.15) is 0 Å². The van der Waals surface area contributed by atoms with Crippen molar-refractivity contribution in [3.8, 4) is 0 Å². The molecule has 18 heavy (non-hydrogen) atoms. The van der Waals surface area contributed by atoms with E-state index in [0.717, 1.165) is 11.6 Å². The summed E-state index contributed by atoms with van der Waals surface area (Å²) in [5, 5.41) is 0.745. The van der Waals surface area contributed by atoms with Crippen molar-refractivity contribution in [1.29, 1.82) is 0 Å². The van der Waals surface area contributed by atoms with E-state index in [4.69, 9.17) is 17.3 Å². The lowest BCUT2D eigenvalue weighted by Crippen LogP contribution is -2.36. The van der Waals surface area contributed by atoms with Crippen LogP contribution in [0.3, 0.4) is 0 Å². The van der Waals surface area contributed by atoms with Crippen molar-refractivity contribution in [2.75, 3.05) is 13.6 Å². The lowest BCUT2D eigenvalue weighted by Gasteiger charge is -2.26. The van der Waals surface area contributed by atoms with E-state index in [1.807, 2.05) is 36.2 Å². The van der Waals surface area contributed by atoms with Gasteiger partial charge in [-0.3, -0.25) is 4.99 Å². The zero-order valence-electron chi connectivity index (χ0n) is 11.5. The summed E-state index contributed by atoms with van der Waals surface area (Å²) in [5.41, 5.74) is 7.15. The Morgan fingerprint density at radius 1 is 1.28 bits per heavy atom. The normalized spacial score (nSPS) is 13.8. The molecule has 0 saturated carbocycles. The van der Waals surface area contributed by atoms with Crippen LogP contribution in [-0.4, -0.2) is 24.5 Å². The molecule has 0 aliphatic rings. The van der Waals surface area contributed by atoms with Crippen LogP contribution in [0.4, 0.5) is 0 Å². The van der Waals surface area contributed by atoms with E-state index in [2.05, 4.69) is 25.8 Å². The van der Waals surface area contributed by atoms with E-state index < -0.39 is 0 Å². The zero-order chi connectivity index (χ0) is 13.7. The molecule has 0 aromatic heterocycles. The Morgan fingerprint density at radius 3 is 2.33 bits per heavy atom. The van der Waals surface area contributed by atoms with Crippen LogP contribution in [0.25, 0.3) is 0 Å². The summed E-state index contributed by atoms with van der Waals surface area (Å²) in [6.07, 6.45) is 0. The van der Waals surface area contributed by atoms with Gasteiger partial charge in [-0.05, 0) is 30.5 Å². The highest BCUT2D eigenvalue weighted by Gasteiger charge is 2.13. The van der Waals surface area contributed by atoms with Crippen LogP contribution >= 0.6 is 11.6 Å². The number of nitrogens with zero attached hydrogens (tertiary/aromatic N) is 2. The first-order valence-electron chi connectivity index (χ1n) is 6.20. The fourth-order valence-electron chi connectivity index (χ4n) is 1.55. The molecule has 1 atom stereocenters. The van der Waals surface area contributed by atoms with Gasteiger partial charge in [0.2, 0.25) is 0 Å². The molecule has 0 fully saturated rings. The largest absolute Gasteiger partial charge is 0.370 e. The van der Waals surface area contributed by atoms with Crippen LogP contribution in [-0.2, 0) is 0 Å². The Hall–Kier alpha value is -1.22. The summed E-state index contributed by atoms with van der Waals surface area (Å²) in [6.45, 7) is 7.10. The molecule has 1 aromatic carbocycles. The van der Waals surface area contributed by atoms with Gasteiger partial charge >= 0.3 is 0 Å². The predicted molar refractivity (Wildman–Crippen MR) is 79.0 cm³/mol. The molecule has 4 heteroatoms. The zero-order valence-corrected chi connectivity index (χ0v) is 12.3. The maximum atomic E-state index is 5.98. The summed E-state index contributed by atoms with van der Waals surface area (Å²) in [4.78, 5) is 6.36.